The standard InChI is InChI=1S/C30H55NO6/c1-2-3-4-5-6-7-8-9-10-11-12-13-14-15-16-17-24-31(25-18-21-28(32)33,26-19-22-29(34)35)27-20-23-30(36)37/h10-11H,2-9,12-27H2,1H3,(H2-,32,33,34,35,36,37)/b11-10+. The van der Waals surface area contributed by atoms with Crippen molar-refractivity contribution in [2.75, 3.05) is 26.2 Å². The van der Waals surface area contributed by atoms with Gasteiger partial charge in [0.15, 0.2) is 0 Å². The van der Waals surface area contributed by atoms with E-state index in [9.17, 15) is 19.5 Å². The summed E-state index contributed by atoms with van der Waals surface area (Å²) >= 11 is 0. The normalized spacial score (nSPS) is 11.8. The summed E-state index contributed by atoms with van der Waals surface area (Å²) in [5.74, 6) is -2.75. The molecule has 0 unspecified atom stereocenters. The van der Waals surface area contributed by atoms with Crippen LogP contribution in [0.2, 0.25) is 0 Å². The smallest absolute Gasteiger partial charge is 0.303 e. The minimum Gasteiger partial charge on any atom is -0.550 e. The summed E-state index contributed by atoms with van der Waals surface area (Å²) in [7, 11) is 0. The number of carboxylic acids is 3. The highest BCUT2D eigenvalue weighted by Crippen LogP contribution is 2.18. The lowest BCUT2D eigenvalue weighted by Crippen LogP contribution is -2.51. The average Bonchev–Trinajstić information content (AvgIpc) is 2.83. The second-order valence-corrected chi connectivity index (χ2v) is 10.6. The molecular formula is C30H55NO6. The van der Waals surface area contributed by atoms with Crippen molar-refractivity contribution in [1.29, 1.82) is 0 Å². The summed E-state index contributed by atoms with van der Waals surface area (Å²) in [5.41, 5.74) is 0. The Balaban J connectivity index is 4.32. The van der Waals surface area contributed by atoms with Gasteiger partial charge in [-0.1, -0.05) is 70.4 Å². The van der Waals surface area contributed by atoms with E-state index in [-0.39, 0.29) is 19.3 Å². The van der Waals surface area contributed by atoms with Gasteiger partial charge < -0.3 is 24.6 Å². The first kappa shape index (κ1) is 35.1. The molecule has 216 valence electrons. The summed E-state index contributed by atoms with van der Waals surface area (Å²) in [6.07, 6.45) is 23.6. The quantitative estimate of drug-likeness (QED) is 0.0724. The van der Waals surface area contributed by atoms with Gasteiger partial charge in [-0.15, -0.1) is 0 Å². The Hall–Kier alpha value is -1.89. The number of nitrogens with zero attached hydrogens (tertiary/aromatic N) is 1. The first-order valence-electron chi connectivity index (χ1n) is 14.9. The third-order valence-corrected chi connectivity index (χ3v) is 7.20. The Morgan fingerprint density at radius 2 is 0.946 bits per heavy atom. The SMILES string of the molecule is CCCCCCCCC/C=C/CCCCCCC[N+](CCCC(=O)[O-])(CCCC(=O)O)CCCC(=O)O. The van der Waals surface area contributed by atoms with Crippen LogP contribution in [0.5, 0.6) is 0 Å². The van der Waals surface area contributed by atoms with Crippen LogP contribution in [-0.4, -0.2) is 58.8 Å². The zero-order valence-corrected chi connectivity index (χ0v) is 23.6. The predicted octanol–water partition coefficient (Wildman–Crippen LogP) is 6.10. The molecule has 0 radical (unpaired) electrons. The summed E-state index contributed by atoms with van der Waals surface area (Å²) in [5, 5.41) is 29.0. The average molecular weight is 526 g/mol. The van der Waals surface area contributed by atoms with Crippen molar-refractivity contribution in [3.05, 3.63) is 12.2 Å². The maximum Gasteiger partial charge on any atom is 0.303 e. The molecule has 0 amide bonds. The summed E-state index contributed by atoms with van der Waals surface area (Å²) < 4.78 is 0.606. The zero-order chi connectivity index (χ0) is 27.6. The first-order valence-corrected chi connectivity index (χ1v) is 14.9. The number of quaternary nitrogens is 1. The van der Waals surface area contributed by atoms with Gasteiger partial charge in [-0.05, 0) is 44.9 Å². The zero-order valence-electron chi connectivity index (χ0n) is 23.6. The van der Waals surface area contributed by atoms with Gasteiger partial charge in [0.25, 0.3) is 0 Å². The fourth-order valence-electron chi connectivity index (χ4n) is 5.06. The Labute approximate surface area is 225 Å². The van der Waals surface area contributed by atoms with Gasteiger partial charge in [0.05, 0.1) is 39.0 Å². The molecule has 0 aromatic heterocycles. The second-order valence-electron chi connectivity index (χ2n) is 10.6. The van der Waals surface area contributed by atoms with Gasteiger partial charge in [-0.3, -0.25) is 9.59 Å². The second kappa shape index (κ2) is 24.4. The fourth-order valence-corrected chi connectivity index (χ4v) is 5.06. The molecule has 0 rings (SSSR count). The van der Waals surface area contributed by atoms with Crippen molar-refractivity contribution in [3.8, 4) is 0 Å². The molecule has 0 aliphatic carbocycles. The van der Waals surface area contributed by atoms with Crippen molar-refractivity contribution >= 4 is 17.9 Å². The molecule has 0 fully saturated rings. The Bertz CT molecular complexity index is 569. The molecule has 7 nitrogen and oxygen atoms in total. The molecule has 0 atom stereocenters. The molecule has 0 aliphatic heterocycles. The van der Waals surface area contributed by atoms with Crippen LogP contribution >= 0.6 is 0 Å². The van der Waals surface area contributed by atoms with Crippen molar-refractivity contribution in [3.63, 3.8) is 0 Å². The lowest BCUT2D eigenvalue weighted by Gasteiger charge is -2.39. The van der Waals surface area contributed by atoms with E-state index in [2.05, 4.69) is 19.1 Å². The van der Waals surface area contributed by atoms with Gasteiger partial charge in [0.2, 0.25) is 0 Å². The van der Waals surface area contributed by atoms with Gasteiger partial charge in [0.1, 0.15) is 0 Å². The van der Waals surface area contributed by atoms with Crippen LogP contribution in [-0.2, 0) is 14.4 Å². The van der Waals surface area contributed by atoms with Crippen LogP contribution in [0.3, 0.4) is 0 Å². The van der Waals surface area contributed by atoms with E-state index in [1.54, 1.807) is 0 Å². The van der Waals surface area contributed by atoms with Crippen molar-refractivity contribution in [2.45, 2.75) is 135 Å². The molecule has 2 N–H and O–H groups in total. The van der Waals surface area contributed by atoms with Crippen molar-refractivity contribution in [1.82, 2.24) is 0 Å². The van der Waals surface area contributed by atoms with Crippen LogP contribution in [0, 0.1) is 0 Å². The van der Waals surface area contributed by atoms with Crippen LogP contribution in [0.25, 0.3) is 0 Å². The molecule has 37 heavy (non-hydrogen) atoms. The van der Waals surface area contributed by atoms with Crippen molar-refractivity contribution < 1.29 is 34.2 Å². The van der Waals surface area contributed by atoms with Crippen LogP contribution < -0.4 is 5.11 Å². The summed E-state index contributed by atoms with van der Waals surface area (Å²) in [4.78, 5) is 33.0. The molecule has 0 bridgehead atoms. The Morgan fingerprint density at radius 1 is 0.568 bits per heavy atom. The molecule has 0 aromatic carbocycles. The summed E-state index contributed by atoms with van der Waals surface area (Å²) in [6, 6.07) is 0. The maximum absolute atomic E-state index is 11.0. The predicted molar refractivity (Wildman–Crippen MR) is 147 cm³/mol. The van der Waals surface area contributed by atoms with Crippen LogP contribution in [0.4, 0.5) is 0 Å². The van der Waals surface area contributed by atoms with Gasteiger partial charge >= 0.3 is 11.9 Å². The number of hydrogen-bond acceptors (Lipinski definition) is 4. The highest BCUT2D eigenvalue weighted by Gasteiger charge is 2.26. The lowest BCUT2D eigenvalue weighted by molar-refractivity contribution is -0.929. The molecule has 0 spiro atoms. The topological polar surface area (TPSA) is 115 Å². The lowest BCUT2D eigenvalue weighted by atomic mass is 10.1. The fraction of sp³-hybridized carbons (Fsp3) is 0.833. The number of carbonyl (C=O) groups is 3. The highest BCUT2D eigenvalue weighted by molar-refractivity contribution is 5.66. The van der Waals surface area contributed by atoms with Crippen LogP contribution in [0.1, 0.15) is 135 Å². The van der Waals surface area contributed by atoms with Gasteiger partial charge in [-0.2, -0.15) is 0 Å². The van der Waals surface area contributed by atoms with Crippen molar-refractivity contribution in [2.24, 2.45) is 0 Å². The largest absolute Gasteiger partial charge is 0.550 e. The van der Waals surface area contributed by atoms with Gasteiger partial charge in [0, 0.05) is 25.2 Å². The summed E-state index contributed by atoms with van der Waals surface area (Å²) in [6.45, 7) is 4.99. The number of unbranched alkanes of at least 4 members (excludes halogenated alkanes) is 12. The van der Waals surface area contributed by atoms with E-state index >= 15 is 0 Å². The third kappa shape index (κ3) is 24.2. The van der Waals surface area contributed by atoms with Gasteiger partial charge in [-0.25, -0.2) is 0 Å². The van der Waals surface area contributed by atoms with E-state index in [0.717, 1.165) is 32.2 Å². The monoisotopic (exact) mass is 525 g/mol. The van der Waals surface area contributed by atoms with E-state index in [1.165, 1.54) is 64.2 Å². The van der Waals surface area contributed by atoms with E-state index in [1.807, 2.05) is 0 Å². The number of hydrogen-bond donors (Lipinski definition) is 2. The molecule has 7 heteroatoms. The minimum atomic E-state index is -1.08. The number of aliphatic carboxylic acids is 3. The van der Waals surface area contributed by atoms with E-state index in [4.69, 9.17) is 10.2 Å². The third-order valence-electron chi connectivity index (χ3n) is 7.20. The molecular weight excluding hydrogens is 470 g/mol. The number of carboxylic acid groups (broad SMARTS) is 3. The molecule has 0 saturated carbocycles. The molecule has 0 aromatic rings. The van der Waals surface area contributed by atoms with E-state index < -0.39 is 17.9 Å². The molecule has 0 saturated heterocycles. The Morgan fingerprint density at radius 3 is 1.38 bits per heavy atom. The Kier molecular flexibility index (Phi) is 23.2. The first-order chi connectivity index (χ1) is 17.8. The highest BCUT2D eigenvalue weighted by atomic mass is 16.4. The minimum absolute atomic E-state index is 0.0235. The molecule has 0 heterocycles. The number of allylic oxidation sites excluding steroid dienone is 2. The van der Waals surface area contributed by atoms with Crippen LogP contribution in [0.15, 0.2) is 12.2 Å². The number of rotatable bonds is 28. The maximum atomic E-state index is 11.0. The molecule has 0 aliphatic rings. The van der Waals surface area contributed by atoms with E-state index in [0.29, 0.717) is 43.4 Å². The number of carbonyl (C=O) groups excluding carboxylic acids is 1.